The standard InChI is InChI=1S/C21H22N2O5S/c1-27-17-12-16-13-19(20(24)11-15-7-9-28-10-8-15)23(21(16)22-14-17)29(25,26)18-5-3-2-4-6-18/h2-6,12-15H,7-11H2,1H3. The van der Waals surface area contributed by atoms with Crippen molar-refractivity contribution in [1.82, 2.24) is 8.96 Å². The number of carbonyl (C=O) groups excluding carboxylic acids is 1. The van der Waals surface area contributed by atoms with Gasteiger partial charge in [-0.3, -0.25) is 4.79 Å². The number of nitrogens with zero attached hydrogens (tertiary/aromatic N) is 2. The molecule has 0 amide bonds. The van der Waals surface area contributed by atoms with Gasteiger partial charge in [0.2, 0.25) is 0 Å². The predicted octanol–water partition coefficient (Wildman–Crippen LogP) is 3.28. The molecule has 0 saturated carbocycles. The maximum Gasteiger partial charge on any atom is 0.270 e. The Morgan fingerprint density at radius 1 is 1.21 bits per heavy atom. The minimum Gasteiger partial charge on any atom is -0.495 e. The van der Waals surface area contributed by atoms with E-state index >= 15 is 0 Å². The Morgan fingerprint density at radius 3 is 2.62 bits per heavy atom. The van der Waals surface area contributed by atoms with Gasteiger partial charge in [0, 0.05) is 25.0 Å². The highest BCUT2D eigenvalue weighted by atomic mass is 32.2. The molecule has 3 aromatic rings. The summed E-state index contributed by atoms with van der Waals surface area (Å²) in [6, 6.07) is 11.3. The topological polar surface area (TPSA) is 87.5 Å². The lowest BCUT2D eigenvalue weighted by atomic mass is 9.93. The Morgan fingerprint density at radius 2 is 1.93 bits per heavy atom. The molecule has 1 fully saturated rings. The van der Waals surface area contributed by atoms with Gasteiger partial charge in [0.25, 0.3) is 10.0 Å². The van der Waals surface area contributed by atoms with E-state index < -0.39 is 10.0 Å². The molecule has 0 bridgehead atoms. The van der Waals surface area contributed by atoms with E-state index in [9.17, 15) is 13.2 Å². The molecule has 2 aromatic heterocycles. The first kappa shape index (κ1) is 19.6. The first-order valence-corrected chi connectivity index (χ1v) is 10.9. The molecular formula is C21H22N2O5S. The zero-order valence-corrected chi connectivity index (χ0v) is 16.9. The number of aromatic nitrogens is 2. The summed E-state index contributed by atoms with van der Waals surface area (Å²) in [5.74, 6) is 0.466. The summed E-state index contributed by atoms with van der Waals surface area (Å²) in [7, 11) is -2.48. The van der Waals surface area contributed by atoms with Gasteiger partial charge in [0.05, 0.1) is 18.2 Å². The van der Waals surface area contributed by atoms with E-state index in [1.165, 1.54) is 25.4 Å². The zero-order chi connectivity index (χ0) is 20.4. The molecule has 1 aromatic carbocycles. The van der Waals surface area contributed by atoms with Crippen molar-refractivity contribution in [2.45, 2.75) is 24.2 Å². The average Bonchev–Trinajstić information content (AvgIpc) is 3.14. The summed E-state index contributed by atoms with van der Waals surface area (Å²) < 4.78 is 38.4. The minimum atomic E-state index is -3.99. The second kappa shape index (κ2) is 7.96. The molecule has 4 rings (SSSR count). The lowest BCUT2D eigenvalue weighted by Gasteiger charge is -2.21. The lowest BCUT2D eigenvalue weighted by molar-refractivity contribution is 0.0599. The van der Waals surface area contributed by atoms with Crippen LogP contribution in [0.2, 0.25) is 0 Å². The maximum absolute atomic E-state index is 13.4. The van der Waals surface area contributed by atoms with Crippen molar-refractivity contribution in [3.8, 4) is 5.75 Å². The molecule has 152 valence electrons. The van der Waals surface area contributed by atoms with E-state index in [-0.39, 0.29) is 34.4 Å². The van der Waals surface area contributed by atoms with Crippen LogP contribution in [0.3, 0.4) is 0 Å². The highest BCUT2D eigenvalue weighted by Crippen LogP contribution is 2.29. The van der Waals surface area contributed by atoms with Crippen LogP contribution in [0.5, 0.6) is 5.75 Å². The third-order valence-electron chi connectivity index (χ3n) is 5.19. The number of benzene rings is 1. The molecule has 0 spiro atoms. The first-order valence-electron chi connectivity index (χ1n) is 9.48. The van der Waals surface area contributed by atoms with Crippen LogP contribution in [0.25, 0.3) is 11.0 Å². The highest BCUT2D eigenvalue weighted by molar-refractivity contribution is 7.90. The molecule has 1 saturated heterocycles. The molecule has 1 aliphatic rings. The number of rotatable bonds is 6. The number of Topliss-reactive ketones (excluding diaryl/α,β-unsaturated/α-hetero) is 1. The summed E-state index contributed by atoms with van der Waals surface area (Å²) in [6.07, 6.45) is 3.32. The van der Waals surface area contributed by atoms with E-state index in [4.69, 9.17) is 9.47 Å². The molecule has 1 aliphatic heterocycles. The van der Waals surface area contributed by atoms with Crippen molar-refractivity contribution in [2.24, 2.45) is 5.92 Å². The van der Waals surface area contributed by atoms with Crippen molar-refractivity contribution < 1.29 is 22.7 Å². The molecule has 8 heteroatoms. The second-order valence-corrected chi connectivity index (χ2v) is 8.87. The van der Waals surface area contributed by atoms with Gasteiger partial charge < -0.3 is 9.47 Å². The van der Waals surface area contributed by atoms with E-state index in [2.05, 4.69) is 4.98 Å². The third kappa shape index (κ3) is 3.77. The number of ketones is 1. The molecule has 0 atom stereocenters. The van der Waals surface area contributed by atoms with Gasteiger partial charge in [-0.1, -0.05) is 18.2 Å². The van der Waals surface area contributed by atoms with Crippen LogP contribution >= 0.6 is 0 Å². The van der Waals surface area contributed by atoms with Crippen LogP contribution in [0, 0.1) is 5.92 Å². The minimum absolute atomic E-state index is 0.107. The van der Waals surface area contributed by atoms with Crippen LogP contribution in [0.4, 0.5) is 0 Å². The zero-order valence-electron chi connectivity index (χ0n) is 16.1. The fourth-order valence-electron chi connectivity index (χ4n) is 3.61. The third-order valence-corrected chi connectivity index (χ3v) is 6.91. The Labute approximate surface area is 169 Å². The number of fused-ring (bicyclic) bond motifs is 1. The number of pyridine rings is 1. The van der Waals surface area contributed by atoms with E-state index in [0.29, 0.717) is 24.3 Å². The van der Waals surface area contributed by atoms with E-state index in [1.807, 2.05) is 0 Å². The maximum atomic E-state index is 13.4. The normalized spacial score (nSPS) is 15.5. The molecular weight excluding hydrogens is 392 g/mol. The molecule has 0 radical (unpaired) electrons. The number of methoxy groups -OCH3 is 1. The summed E-state index contributed by atoms with van der Waals surface area (Å²) in [4.78, 5) is 17.5. The monoisotopic (exact) mass is 414 g/mol. The number of hydrogen-bond acceptors (Lipinski definition) is 6. The van der Waals surface area contributed by atoms with Crippen LogP contribution in [0.15, 0.2) is 53.6 Å². The van der Waals surface area contributed by atoms with Crippen molar-refractivity contribution >= 4 is 26.8 Å². The second-order valence-electron chi connectivity index (χ2n) is 7.08. The Hall–Kier alpha value is -2.71. The molecule has 7 nitrogen and oxygen atoms in total. The predicted molar refractivity (Wildman–Crippen MR) is 108 cm³/mol. The van der Waals surface area contributed by atoms with Gasteiger partial charge in [-0.05, 0) is 43.0 Å². The Kier molecular flexibility index (Phi) is 5.38. The Balaban J connectivity index is 1.84. The van der Waals surface area contributed by atoms with Gasteiger partial charge in [0.1, 0.15) is 11.4 Å². The van der Waals surface area contributed by atoms with E-state index in [1.54, 1.807) is 30.3 Å². The number of carbonyl (C=O) groups is 1. The average molecular weight is 414 g/mol. The summed E-state index contributed by atoms with van der Waals surface area (Å²) in [5.41, 5.74) is 0.334. The van der Waals surface area contributed by atoms with Crippen LogP contribution < -0.4 is 4.74 Å². The fourth-order valence-corrected chi connectivity index (χ4v) is 5.12. The fraction of sp³-hybridized carbons (Fsp3) is 0.333. The Bertz CT molecular complexity index is 1130. The van der Waals surface area contributed by atoms with Crippen molar-refractivity contribution in [3.05, 3.63) is 54.4 Å². The van der Waals surface area contributed by atoms with Crippen molar-refractivity contribution in [2.75, 3.05) is 20.3 Å². The quantitative estimate of drug-likeness (QED) is 0.575. The van der Waals surface area contributed by atoms with Gasteiger partial charge in [0.15, 0.2) is 11.4 Å². The first-order chi connectivity index (χ1) is 14.0. The van der Waals surface area contributed by atoms with E-state index in [0.717, 1.165) is 16.8 Å². The number of ether oxygens (including phenoxy) is 2. The largest absolute Gasteiger partial charge is 0.495 e. The molecule has 29 heavy (non-hydrogen) atoms. The van der Waals surface area contributed by atoms with Crippen molar-refractivity contribution in [1.29, 1.82) is 0 Å². The summed E-state index contributed by atoms with van der Waals surface area (Å²) in [6.45, 7) is 1.25. The molecule has 0 unspecified atom stereocenters. The smallest absolute Gasteiger partial charge is 0.270 e. The van der Waals surface area contributed by atoms with Crippen molar-refractivity contribution in [3.63, 3.8) is 0 Å². The summed E-state index contributed by atoms with van der Waals surface area (Å²) >= 11 is 0. The molecule has 3 heterocycles. The number of hydrogen-bond donors (Lipinski definition) is 0. The molecule has 0 N–H and O–H groups in total. The van der Waals surface area contributed by atoms with Crippen LogP contribution in [-0.2, 0) is 14.8 Å². The van der Waals surface area contributed by atoms with Gasteiger partial charge in [-0.25, -0.2) is 17.4 Å². The SMILES string of the molecule is COc1cnc2c(c1)cc(C(=O)CC1CCOCC1)n2S(=O)(=O)c1ccccc1. The highest BCUT2D eigenvalue weighted by Gasteiger charge is 2.29. The van der Waals surface area contributed by atoms with Crippen LogP contribution in [-0.4, -0.2) is 43.5 Å². The van der Waals surface area contributed by atoms with Gasteiger partial charge in [-0.2, -0.15) is 0 Å². The lowest BCUT2D eigenvalue weighted by Crippen LogP contribution is -2.22. The molecule has 0 aliphatic carbocycles. The van der Waals surface area contributed by atoms with Gasteiger partial charge in [-0.15, -0.1) is 0 Å². The summed E-state index contributed by atoms with van der Waals surface area (Å²) in [5, 5.41) is 0.541. The van der Waals surface area contributed by atoms with Gasteiger partial charge >= 0.3 is 0 Å². The van der Waals surface area contributed by atoms with Crippen LogP contribution in [0.1, 0.15) is 29.8 Å².